The highest BCUT2D eigenvalue weighted by molar-refractivity contribution is 7.10. The van der Waals surface area contributed by atoms with Crippen molar-refractivity contribution in [1.82, 2.24) is 9.27 Å². The minimum atomic E-state index is 0.0128. The van der Waals surface area contributed by atoms with Crippen LogP contribution in [0.1, 0.15) is 45.7 Å². The van der Waals surface area contributed by atoms with Gasteiger partial charge < -0.3 is 4.90 Å². The van der Waals surface area contributed by atoms with Gasteiger partial charge in [-0.2, -0.15) is 4.37 Å². The molecule has 18 heavy (non-hydrogen) atoms. The van der Waals surface area contributed by atoms with E-state index in [0.717, 1.165) is 36.6 Å². The Kier molecular flexibility index (Phi) is 3.90. The van der Waals surface area contributed by atoms with E-state index in [-0.39, 0.29) is 11.4 Å². The molecule has 1 saturated heterocycles. The molecule has 0 aromatic carbocycles. The van der Waals surface area contributed by atoms with E-state index in [1.165, 1.54) is 18.0 Å². The van der Waals surface area contributed by atoms with Gasteiger partial charge in [0.25, 0.3) is 0 Å². The van der Waals surface area contributed by atoms with Gasteiger partial charge in [-0.1, -0.05) is 20.8 Å². The number of anilines is 1. The van der Waals surface area contributed by atoms with Gasteiger partial charge in [0.15, 0.2) is 0 Å². The molecule has 0 spiro atoms. The van der Waals surface area contributed by atoms with Gasteiger partial charge >= 0.3 is 6.03 Å². The van der Waals surface area contributed by atoms with Gasteiger partial charge in [0, 0.05) is 18.5 Å². The van der Waals surface area contributed by atoms with Crippen LogP contribution in [-0.2, 0) is 5.41 Å². The van der Waals surface area contributed by atoms with Crippen molar-refractivity contribution in [2.45, 2.75) is 45.4 Å². The zero-order valence-corrected chi connectivity index (χ0v) is 12.1. The van der Waals surface area contributed by atoms with E-state index in [2.05, 4.69) is 30.5 Å². The zero-order valence-electron chi connectivity index (χ0n) is 11.3. The number of nitrogens with one attached hydrogen (secondary N) is 1. The predicted octanol–water partition coefficient (Wildman–Crippen LogP) is 3.46. The van der Waals surface area contributed by atoms with E-state index in [1.54, 1.807) is 0 Å². The van der Waals surface area contributed by atoms with Crippen LogP contribution in [0.4, 0.5) is 9.80 Å². The normalized spacial score (nSPS) is 16.7. The van der Waals surface area contributed by atoms with E-state index in [0.29, 0.717) is 0 Å². The Hall–Kier alpha value is -1.10. The van der Waals surface area contributed by atoms with E-state index >= 15 is 0 Å². The number of rotatable bonds is 1. The molecule has 0 aliphatic carbocycles. The number of likely N-dealkylation sites (tertiary alicyclic amines) is 1. The number of urea groups is 1. The Labute approximate surface area is 113 Å². The third kappa shape index (κ3) is 3.22. The van der Waals surface area contributed by atoms with Gasteiger partial charge in [0.2, 0.25) is 0 Å². The molecule has 2 amide bonds. The molecule has 1 aliphatic rings. The topological polar surface area (TPSA) is 45.2 Å². The molecule has 1 aliphatic heterocycles. The van der Waals surface area contributed by atoms with Crippen LogP contribution in [-0.4, -0.2) is 28.4 Å². The van der Waals surface area contributed by atoms with E-state index in [4.69, 9.17) is 0 Å². The van der Waals surface area contributed by atoms with Crippen LogP contribution in [0.5, 0.6) is 0 Å². The number of hydrogen-bond acceptors (Lipinski definition) is 3. The van der Waals surface area contributed by atoms with Gasteiger partial charge in [0.05, 0.1) is 5.69 Å². The Balaban J connectivity index is 1.96. The summed E-state index contributed by atoms with van der Waals surface area (Å²) < 4.78 is 4.39. The maximum atomic E-state index is 12.0. The maximum Gasteiger partial charge on any atom is 0.322 e. The largest absolute Gasteiger partial charge is 0.325 e. The summed E-state index contributed by atoms with van der Waals surface area (Å²) in [5.41, 5.74) is 1.06. The van der Waals surface area contributed by atoms with Crippen molar-refractivity contribution in [2.75, 3.05) is 18.4 Å². The van der Waals surface area contributed by atoms with Crippen molar-refractivity contribution in [3.8, 4) is 0 Å². The molecule has 0 unspecified atom stereocenters. The Bertz CT molecular complexity index is 416. The van der Waals surface area contributed by atoms with Gasteiger partial charge in [-0.15, -0.1) is 0 Å². The van der Waals surface area contributed by atoms with E-state index < -0.39 is 0 Å². The molecule has 0 radical (unpaired) electrons. The molecular formula is C13H21N3OS. The number of nitrogens with zero attached hydrogens (tertiary/aromatic N) is 2. The lowest BCUT2D eigenvalue weighted by molar-refractivity contribution is 0.200. The summed E-state index contributed by atoms with van der Waals surface area (Å²) in [5.74, 6) is 0. The Morgan fingerprint density at radius 2 is 2.00 bits per heavy atom. The average molecular weight is 267 g/mol. The maximum absolute atomic E-state index is 12.0. The molecule has 1 aromatic rings. The van der Waals surface area contributed by atoms with Crippen molar-refractivity contribution in [2.24, 2.45) is 0 Å². The standard InChI is InChI=1S/C13H21N3OS/c1-13(2,3)10-9-11(18-15-10)14-12(17)16-7-5-4-6-8-16/h9H,4-8H2,1-3H3,(H,14,17). The highest BCUT2D eigenvalue weighted by atomic mass is 32.1. The highest BCUT2D eigenvalue weighted by Gasteiger charge is 2.20. The molecule has 100 valence electrons. The molecule has 0 bridgehead atoms. The summed E-state index contributed by atoms with van der Waals surface area (Å²) in [6.45, 7) is 8.11. The number of aromatic nitrogens is 1. The van der Waals surface area contributed by atoms with Gasteiger partial charge in [-0.05, 0) is 36.9 Å². The first-order valence-electron chi connectivity index (χ1n) is 6.50. The first kappa shape index (κ1) is 13.3. The molecular weight excluding hydrogens is 246 g/mol. The fourth-order valence-corrected chi connectivity index (χ4v) is 2.79. The van der Waals surface area contributed by atoms with Crippen LogP contribution < -0.4 is 5.32 Å². The summed E-state index contributed by atoms with van der Waals surface area (Å²) in [4.78, 5) is 13.9. The fraction of sp³-hybridized carbons (Fsp3) is 0.692. The predicted molar refractivity (Wildman–Crippen MR) is 75.3 cm³/mol. The number of piperidine rings is 1. The summed E-state index contributed by atoms with van der Waals surface area (Å²) in [7, 11) is 0. The second-order valence-electron chi connectivity index (χ2n) is 5.80. The Morgan fingerprint density at radius 1 is 1.33 bits per heavy atom. The van der Waals surface area contributed by atoms with Crippen LogP contribution in [0, 0.1) is 0 Å². The third-order valence-corrected chi connectivity index (χ3v) is 3.86. The molecule has 0 atom stereocenters. The molecule has 0 saturated carbocycles. The first-order chi connectivity index (χ1) is 8.47. The summed E-state index contributed by atoms with van der Waals surface area (Å²) in [5, 5.41) is 3.79. The quantitative estimate of drug-likeness (QED) is 0.847. The van der Waals surface area contributed by atoms with Crippen LogP contribution in [0.25, 0.3) is 0 Å². The van der Waals surface area contributed by atoms with Crippen LogP contribution in [0.15, 0.2) is 6.07 Å². The summed E-state index contributed by atoms with van der Waals surface area (Å²) in [6.07, 6.45) is 3.46. The van der Waals surface area contributed by atoms with Crippen LogP contribution in [0.2, 0.25) is 0 Å². The highest BCUT2D eigenvalue weighted by Crippen LogP contribution is 2.27. The third-order valence-electron chi connectivity index (χ3n) is 3.15. The van der Waals surface area contributed by atoms with Crippen molar-refractivity contribution < 1.29 is 4.79 Å². The Morgan fingerprint density at radius 3 is 2.56 bits per heavy atom. The molecule has 4 nitrogen and oxygen atoms in total. The van der Waals surface area contributed by atoms with E-state index in [9.17, 15) is 4.79 Å². The van der Waals surface area contributed by atoms with E-state index in [1.807, 2.05) is 11.0 Å². The van der Waals surface area contributed by atoms with Crippen molar-refractivity contribution in [3.63, 3.8) is 0 Å². The number of carbonyl (C=O) groups is 1. The van der Waals surface area contributed by atoms with Gasteiger partial charge in [0.1, 0.15) is 5.00 Å². The fourth-order valence-electron chi connectivity index (χ4n) is 1.97. The minimum absolute atomic E-state index is 0.0128. The number of amides is 2. The van der Waals surface area contributed by atoms with Crippen molar-refractivity contribution in [1.29, 1.82) is 0 Å². The van der Waals surface area contributed by atoms with Crippen molar-refractivity contribution in [3.05, 3.63) is 11.8 Å². The van der Waals surface area contributed by atoms with Gasteiger partial charge in [-0.3, -0.25) is 5.32 Å². The molecule has 2 heterocycles. The lowest BCUT2D eigenvalue weighted by Crippen LogP contribution is -2.38. The average Bonchev–Trinajstić information content (AvgIpc) is 2.78. The lowest BCUT2D eigenvalue weighted by atomic mass is 9.92. The monoisotopic (exact) mass is 267 g/mol. The number of carbonyl (C=O) groups excluding carboxylic acids is 1. The lowest BCUT2D eigenvalue weighted by Gasteiger charge is -2.26. The second kappa shape index (κ2) is 5.26. The second-order valence-corrected chi connectivity index (χ2v) is 6.61. The first-order valence-corrected chi connectivity index (χ1v) is 7.27. The molecule has 1 N–H and O–H groups in total. The molecule has 1 fully saturated rings. The van der Waals surface area contributed by atoms with Crippen LogP contribution in [0.3, 0.4) is 0 Å². The van der Waals surface area contributed by atoms with Crippen molar-refractivity contribution >= 4 is 22.6 Å². The summed E-state index contributed by atoms with van der Waals surface area (Å²) in [6, 6.07) is 1.99. The smallest absolute Gasteiger partial charge is 0.322 e. The molecule has 2 rings (SSSR count). The zero-order chi connectivity index (χ0) is 13.2. The molecule has 1 aromatic heterocycles. The molecule has 5 heteroatoms. The van der Waals surface area contributed by atoms with Crippen LogP contribution >= 0.6 is 11.5 Å². The van der Waals surface area contributed by atoms with Gasteiger partial charge in [-0.25, -0.2) is 4.79 Å². The summed E-state index contributed by atoms with van der Waals surface area (Å²) >= 11 is 1.36. The minimum Gasteiger partial charge on any atom is -0.325 e. The SMILES string of the molecule is CC(C)(C)c1cc(NC(=O)N2CCCCC2)sn1. The number of hydrogen-bond donors (Lipinski definition) is 1.